The van der Waals surface area contributed by atoms with Gasteiger partial charge in [-0.3, -0.25) is 14.9 Å². The fourth-order valence-corrected chi connectivity index (χ4v) is 7.02. The van der Waals surface area contributed by atoms with E-state index in [1.165, 1.54) is 42.5 Å². The molecule has 2 fully saturated rings. The van der Waals surface area contributed by atoms with Crippen LogP contribution in [0.4, 0.5) is 10.1 Å². The van der Waals surface area contributed by atoms with E-state index in [-0.39, 0.29) is 5.82 Å². The summed E-state index contributed by atoms with van der Waals surface area (Å²) < 4.78 is 25.1. The number of benzene rings is 3. The van der Waals surface area contributed by atoms with Crippen molar-refractivity contribution in [1.29, 1.82) is 0 Å². The Morgan fingerprint density at radius 2 is 1.44 bits per heavy atom. The Balaban J connectivity index is 1.06. The molecule has 0 amide bonds. The average Bonchev–Trinajstić information content (AvgIpc) is 3.10. The van der Waals surface area contributed by atoms with Gasteiger partial charge in [0.25, 0.3) is 0 Å². The first kappa shape index (κ1) is 31.8. The molecule has 0 N–H and O–H groups in total. The van der Waals surface area contributed by atoms with Crippen LogP contribution in [-0.2, 0) is 13.1 Å². The van der Waals surface area contributed by atoms with E-state index in [4.69, 9.17) is 14.5 Å². The Kier molecular flexibility index (Phi) is 9.66. The number of ether oxygens (including phenoxy) is 2. The molecule has 1 saturated carbocycles. The van der Waals surface area contributed by atoms with Gasteiger partial charge < -0.3 is 14.4 Å². The van der Waals surface area contributed by atoms with Crippen LogP contribution in [0, 0.1) is 5.82 Å². The number of hydrogen-bond acceptors (Lipinski definition) is 6. The Morgan fingerprint density at radius 3 is 2.12 bits per heavy atom. The highest BCUT2D eigenvalue weighted by Gasteiger charge is 2.26. The zero-order valence-corrected chi connectivity index (χ0v) is 27.8. The highest BCUT2D eigenvalue weighted by atomic mass is 19.1. The molecule has 1 aliphatic carbocycles. The SMILES string of the molecule is COc1ccc(N(Cc2ccnc(-c3cccc(F)c3)c2)C2CCN(Cc3ccnc(-c4cc(OC)cc(C5CCC5)c4)c3)CC2)cc1. The summed E-state index contributed by atoms with van der Waals surface area (Å²) in [6, 6.07) is 30.5. The summed E-state index contributed by atoms with van der Waals surface area (Å²) in [4.78, 5) is 14.4. The van der Waals surface area contributed by atoms with Gasteiger partial charge in [-0.1, -0.05) is 18.6 Å². The predicted molar refractivity (Wildman–Crippen MR) is 190 cm³/mol. The first-order valence-electron chi connectivity index (χ1n) is 17.0. The smallest absolute Gasteiger partial charge is 0.123 e. The highest BCUT2D eigenvalue weighted by molar-refractivity contribution is 5.64. The van der Waals surface area contributed by atoms with Gasteiger partial charge in [0.2, 0.25) is 0 Å². The van der Waals surface area contributed by atoms with E-state index in [2.05, 4.69) is 69.4 Å². The van der Waals surface area contributed by atoms with Crippen LogP contribution >= 0.6 is 0 Å². The van der Waals surface area contributed by atoms with Gasteiger partial charge in [0.1, 0.15) is 17.3 Å². The number of methoxy groups -OCH3 is 2. The van der Waals surface area contributed by atoms with Gasteiger partial charge in [-0.2, -0.15) is 0 Å². The number of hydrogen-bond donors (Lipinski definition) is 0. The number of aromatic nitrogens is 2. The zero-order valence-electron chi connectivity index (χ0n) is 27.8. The van der Waals surface area contributed by atoms with E-state index in [9.17, 15) is 4.39 Å². The van der Waals surface area contributed by atoms with E-state index in [0.29, 0.717) is 12.0 Å². The molecule has 3 heterocycles. The third kappa shape index (κ3) is 7.37. The molecule has 7 heteroatoms. The Morgan fingerprint density at radius 1 is 0.729 bits per heavy atom. The maximum absolute atomic E-state index is 14.0. The molecule has 0 spiro atoms. The second-order valence-electron chi connectivity index (χ2n) is 13.1. The molecule has 2 aromatic heterocycles. The average molecular weight is 643 g/mol. The second-order valence-corrected chi connectivity index (χ2v) is 13.1. The summed E-state index contributed by atoms with van der Waals surface area (Å²) in [7, 11) is 3.44. The number of pyridine rings is 2. The molecule has 1 aliphatic heterocycles. The molecule has 0 atom stereocenters. The molecular weight excluding hydrogens is 599 g/mol. The third-order valence-corrected chi connectivity index (χ3v) is 9.97. The molecule has 48 heavy (non-hydrogen) atoms. The van der Waals surface area contributed by atoms with Crippen molar-refractivity contribution in [3.63, 3.8) is 0 Å². The summed E-state index contributed by atoms with van der Waals surface area (Å²) in [5, 5.41) is 0. The summed E-state index contributed by atoms with van der Waals surface area (Å²) in [5.74, 6) is 2.13. The standard InChI is InChI=1S/C41H43FN4O2/c1-47-38-11-9-36(10-12-38)46(28-30-14-18-43-40(22-30)32-7-4-8-35(42)24-32)37-15-19-45(20-16-37)27-29-13-17-44-41(21-29)34-23-33(31-5-3-6-31)25-39(26-34)48-2/h4,7-14,17-18,21-26,31,37H,3,5-6,15-16,19-20,27-28H2,1-2H3. The molecule has 0 radical (unpaired) electrons. The van der Waals surface area contributed by atoms with Crippen LogP contribution in [0.5, 0.6) is 11.5 Å². The van der Waals surface area contributed by atoms with Gasteiger partial charge in [-0.05, 0) is 127 Å². The van der Waals surface area contributed by atoms with Gasteiger partial charge >= 0.3 is 0 Å². The van der Waals surface area contributed by atoms with Gasteiger partial charge in [-0.25, -0.2) is 4.39 Å². The largest absolute Gasteiger partial charge is 0.497 e. The van der Waals surface area contributed by atoms with Crippen LogP contribution in [-0.4, -0.2) is 48.2 Å². The molecule has 2 aliphatic rings. The molecule has 3 aromatic carbocycles. The topological polar surface area (TPSA) is 50.7 Å². The van der Waals surface area contributed by atoms with Crippen LogP contribution in [0.2, 0.25) is 0 Å². The van der Waals surface area contributed by atoms with Gasteiger partial charge in [0.05, 0.1) is 25.6 Å². The molecule has 0 unspecified atom stereocenters. The maximum atomic E-state index is 14.0. The van der Waals surface area contributed by atoms with E-state index in [1.54, 1.807) is 20.3 Å². The number of halogens is 1. The fourth-order valence-electron chi connectivity index (χ4n) is 7.02. The number of anilines is 1. The van der Waals surface area contributed by atoms with Crippen LogP contribution in [0.25, 0.3) is 22.5 Å². The summed E-state index contributed by atoms with van der Waals surface area (Å²) in [6.45, 7) is 3.64. The molecule has 7 rings (SSSR count). The minimum atomic E-state index is -0.257. The minimum Gasteiger partial charge on any atom is -0.497 e. The quantitative estimate of drug-likeness (QED) is 0.143. The van der Waals surface area contributed by atoms with Crippen molar-refractivity contribution in [2.24, 2.45) is 0 Å². The molecular formula is C41H43FN4O2. The van der Waals surface area contributed by atoms with Crippen LogP contribution in [0.15, 0.2) is 103 Å². The summed E-state index contributed by atoms with van der Waals surface area (Å²) in [5.41, 5.74) is 8.64. The molecule has 5 aromatic rings. The Labute approximate surface area is 283 Å². The lowest BCUT2D eigenvalue weighted by Gasteiger charge is -2.40. The van der Waals surface area contributed by atoms with E-state index in [0.717, 1.165) is 84.3 Å². The van der Waals surface area contributed by atoms with E-state index < -0.39 is 0 Å². The van der Waals surface area contributed by atoms with Crippen molar-refractivity contribution in [2.75, 3.05) is 32.2 Å². The molecule has 0 bridgehead atoms. The highest BCUT2D eigenvalue weighted by Crippen LogP contribution is 2.39. The second kappa shape index (κ2) is 14.6. The predicted octanol–water partition coefficient (Wildman–Crippen LogP) is 8.91. The lowest BCUT2D eigenvalue weighted by Crippen LogP contribution is -2.44. The molecule has 246 valence electrons. The first-order valence-corrected chi connectivity index (χ1v) is 17.0. The summed E-state index contributed by atoms with van der Waals surface area (Å²) in [6.07, 6.45) is 9.68. The summed E-state index contributed by atoms with van der Waals surface area (Å²) >= 11 is 0. The minimum absolute atomic E-state index is 0.257. The van der Waals surface area contributed by atoms with Crippen molar-refractivity contribution in [2.45, 2.75) is 57.2 Å². The number of piperidine rings is 1. The normalized spacial score (nSPS) is 15.6. The maximum Gasteiger partial charge on any atom is 0.123 e. The van der Waals surface area contributed by atoms with E-state index >= 15 is 0 Å². The number of nitrogens with zero attached hydrogens (tertiary/aromatic N) is 4. The number of rotatable bonds is 11. The van der Waals surface area contributed by atoms with Crippen molar-refractivity contribution in [1.82, 2.24) is 14.9 Å². The molecule has 1 saturated heterocycles. The molecule has 6 nitrogen and oxygen atoms in total. The fraction of sp³-hybridized carbons (Fsp3) is 0.317. The van der Waals surface area contributed by atoms with Crippen molar-refractivity contribution in [3.05, 3.63) is 126 Å². The Bertz CT molecular complexity index is 1830. The lowest BCUT2D eigenvalue weighted by atomic mass is 9.79. The van der Waals surface area contributed by atoms with Gasteiger partial charge in [-0.15, -0.1) is 0 Å². The van der Waals surface area contributed by atoms with Crippen LogP contribution in [0.3, 0.4) is 0 Å². The Hall–Kier alpha value is -4.75. The van der Waals surface area contributed by atoms with Gasteiger partial charge in [0, 0.05) is 61.4 Å². The monoisotopic (exact) mass is 642 g/mol. The van der Waals surface area contributed by atoms with E-state index in [1.807, 2.05) is 30.6 Å². The van der Waals surface area contributed by atoms with Crippen molar-refractivity contribution in [3.8, 4) is 34.0 Å². The first-order chi connectivity index (χ1) is 23.5. The third-order valence-electron chi connectivity index (χ3n) is 9.97. The van der Waals surface area contributed by atoms with Crippen molar-refractivity contribution >= 4 is 5.69 Å². The van der Waals surface area contributed by atoms with Crippen molar-refractivity contribution < 1.29 is 13.9 Å². The van der Waals surface area contributed by atoms with Crippen LogP contribution in [0.1, 0.15) is 54.7 Å². The lowest BCUT2D eigenvalue weighted by molar-refractivity contribution is 0.201. The number of likely N-dealkylation sites (tertiary alicyclic amines) is 1. The van der Waals surface area contributed by atoms with Gasteiger partial charge in [0.15, 0.2) is 0 Å². The zero-order chi connectivity index (χ0) is 32.9. The van der Waals surface area contributed by atoms with Crippen LogP contribution < -0.4 is 14.4 Å².